The fourth-order valence-electron chi connectivity index (χ4n) is 4.48. The minimum Gasteiger partial charge on any atom is -0.462 e. The molecule has 1 atom stereocenters. The second-order valence-corrected chi connectivity index (χ2v) is 11.9. The quantitative estimate of drug-likeness (QED) is 0.122. The zero-order chi connectivity index (χ0) is 28.6. The first-order chi connectivity index (χ1) is 19.3. The second-order valence-electron chi connectivity index (χ2n) is 9.38. The summed E-state index contributed by atoms with van der Waals surface area (Å²) in [5.74, 6) is -1.03. The maximum Gasteiger partial charge on any atom is 0.341 e. The van der Waals surface area contributed by atoms with E-state index in [1.54, 1.807) is 32.0 Å². The van der Waals surface area contributed by atoms with Crippen LogP contribution in [0, 0.1) is 10.1 Å². The number of nitrogens with zero attached hydrogens (tertiary/aromatic N) is 1. The van der Waals surface area contributed by atoms with E-state index in [9.17, 15) is 24.5 Å². The van der Waals surface area contributed by atoms with Gasteiger partial charge in [0, 0.05) is 33.2 Å². The Bertz CT molecular complexity index is 1400. The molecule has 1 aliphatic rings. The van der Waals surface area contributed by atoms with Gasteiger partial charge in [-0.1, -0.05) is 18.9 Å². The zero-order valence-corrected chi connectivity index (χ0v) is 24.0. The van der Waals surface area contributed by atoms with Crippen LogP contribution in [0.4, 0.5) is 16.4 Å². The fourth-order valence-corrected chi connectivity index (χ4v) is 6.69. The van der Waals surface area contributed by atoms with Crippen molar-refractivity contribution in [1.82, 2.24) is 0 Å². The number of amides is 2. The van der Waals surface area contributed by atoms with Crippen molar-refractivity contribution in [3.05, 3.63) is 80.2 Å². The number of anilines is 2. The molecule has 1 aliphatic carbocycles. The monoisotopic (exact) mass is 581 g/mol. The number of nitrogens with one attached hydrogen (secondary N) is 2. The van der Waals surface area contributed by atoms with Gasteiger partial charge in [-0.2, -0.15) is 0 Å². The van der Waals surface area contributed by atoms with E-state index < -0.39 is 22.0 Å². The van der Waals surface area contributed by atoms with Gasteiger partial charge in [0.1, 0.15) is 5.00 Å². The number of aryl methyl sites for hydroxylation is 1. The van der Waals surface area contributed by atoms with Gasteiger partial charge in [0.2, 0.25) is 5.91 Å². The number of hydrogen-bond acceptors (Lipinski definition) is 8. The summed E-state index contributed by atoms with van der Waals surface area (Å²) in [4.78, 5) is 51.0. The van der Waals surface area contributed by atoms with Crippen LogP contribution in [-0.2, 0) is 22.4 Å². The Labute approximate surface area is 240 Å². The summed E-state index contributed by atoms with van der Waals surface area (Å²) in [5.41, 5.74) is 2.23. The Balaban J connectivity index is 1.44. The van der Waals surface area contributed by atoms with Crippen LogP contribution >= 0.6 is 23.1 Å². The third kappa shape index (κ3) is 7.28. The largest absolute Gasteiger partial charge is 0.462 e. The first-order valence-corrected chi connectivity index (χ1v) is 14.9. The molecule has 1 aromatic heterocycles. The van der Waals surface area contributed by atoms with Gasteiger partial charge in [-0.25, -0.2) is 4.79 Å². The van der Waals surface area contributed by atoms with Gasteiger partial charge in [-0.15, -0.1) is 23.1 Å². The average Bonchev–Trinajstić information content (AvgIpc) is 3.24. The van der Waals surface area contributed by atoms with Crippen molar-refractivity contribution in [2.45, 2.75) is 62.5 Å². The van der Waals surface area contributed by atoms with Crippen LogP contribution < -0.4 is 10.6 Å². The highest BCUT2D eigenvalue weighted by Gasteiger charge is 2.27. The van der Waals surface area contributed by atoms with Crippen LogP contribution in [0.3, 0.4) is 0 Å². The molecule has 2 amide bonds. The maximum atomic E-state index is 13.2. The van der Waals surface area contributed by atoms with Crippen molar-refractivity contribution < 1.29 is 24.0 Å². The smallest absolute Gasteiger partial charge is 0.341 e. The van der Waals surface area contributed by atoms with Crippen LogP contribution in [0.25, 0.3) is 0 Å². The Hall–Kier alpha value is -3.70. The molecule has 210 valence electrons. The van der Waals surface area contributed by atoms with E-state index in [4.69, 9.17) is 4.74 Å². The molecule has 2 N–H and O–H groups in total. The molecule has 0 spiro atoms. The summed E-state index contributed by atoms with van der Waals surface area (Å²) >= 11 is 2.80. The Kier molecular flexibility index (Phi) is 9.94. The highest BCUT2D eigenvalue weighted by atomic mass is 32.2. The molecule has 1 heterocycles. The molecule has 0 saturated heterocycles. The number of ether oxygens (including phenoxy) is 1. The summed E-state index contributed by atoms with van der Waals surface area (Å²) in [6, 6.07) is 12.5. The van der Waals surface area contributed by atoms with Crippen LogP contribution in [0.15, 0.2) is 53.4 Å². The van der Waals surface area contributed by atoms with E-state index in [1.165, 1.54) is 47.4 Å². The molecular weight excluding hydrogens is 550 g/mol. The molecule has 3 aromatic rings. The van der Waals surface area contributed by atoms with Gasteiger partial charge >= 0.3 is 5.97 Å². The lowest BCUT2D eigenvalue weighted by molar-refractivity contribution is -0.384. The minimum absolute atomic E-state index is 0.0923. The minimum atomic E-state index is -0.521. The lowest BCUT2D eigenvalue weighted by Crippen LogP contribution is -2.23. The maximum absolute atomic E-state index is 13.2. The van der Waals surface area contributed by atoms with Crippen molar-refractivity contribution in [1.29, 1.82) is 0 Å². The molecule has 2 aromatic carbocycles. The third-order valence-electron chi connectivity index (χ3n) is 6.50. The second kappa shape index (κ2) is 13.6. The number of rotatable bonds is 9. The number of nitro groups is 1. The number of carbonyl (C=O) groups excluding carboxylic acids is 3. The van der Waals surface area contributed by atoms with Crippen LogP contribution in [-0.4, -0.2) is 34.6 Å². The molecule has 11 heteroatoms. The molecule has 0 radical (unpaired) electrons. The number of thioether (sulfide) groups is 1. The Morgan fingerprint density at radius 2 is 1.77 bits per heavy atom. The van der Waals surface area contributed by atoms with Gasteiger partial charge in [-0.3, -0.25) is 19.7 Å². The van der Waals surface area contributed by atoms with Gasteiger partial charge in [0.25, 0.3) is 11.6 Å². The number of hydrogen-bond donors (Lipinski definition) is 2. The predicted octanol–water partition coefficient (Wildman–Crippen LogP) is 6.86. The molecule has 0 aliphatic heterocycles. The van der Waals surface area contributed by atoms with E-state index in [-0.39, 0.29) is 18.2 Å². The number of non-ortho nitro benzene ring substituents is 1. The number of benzene rings is 2. The summed E-state index contributed by atoms with van der Waals surface area (Å²) in [6.07, 6.45) is 6.05. The first-order valence-electron chi connectivity index (χ1n) is 13.2. The summed E-state index contributed by atoms with van der Waals surface area (Å²) in [7, 11) is 0. The highest BCUT2D eigenvalue weighted by molar-refractivity contribution is 8.00. The molecular formula is C29H31N3O6S2. The van der Waals surface area contributed by atoms with Crippen molar-refractivity contribution in [2.75, 3.05) is 17.2 Å². The number of thiophene rings is 1. The van der Waals surface area contributed by atoms with E-state index in [2.05, 4.69) is 10.6 Å². The van der Waals surface area contributed by atoms with E-state index in [1.807, 2.05) is 6.07 Å². The highest BCUT2D eigenvalue weighted by Crippen LogP contribution is 2.38. The Morgan fingerprint density at radius 3 is 2.48 bits per heavy atom. The van der Waals surface area contributed by atoms with Gasteiger partial charge < -0.3 is 15.4 Å². The summed E-state index contributed by atoms with van der Waals surface area (Å²) in [6.45, 7) is 3.82. The number of nitro benzene ring substituents is 1. The van der Waals surface area contributed by atoms with Crippen molar-refractivity contribution >= 4 is 57.3 Å². The van der Waals surface area contributed by atoms with E-state index in [0.29, 0.717) is 21.8 Å². The molecule has 9 nitrogen and oxygen atoms in total. The van der Waals surface area contributed by atoms with Crippen molar-refractivity contribution in [2.24, 2.45) is 0 Å². The molecule has 0 saturated carbocycles. The molecule has 40 heavy (non-hydrogen) atoms. The fraction of sp³-hybridized carbons (Fsp3) is 0.345. The Morgan fingerprint density at radius 1 is 1.05 bits per heavy atom. The van der Waals surface area contributed by atoms with Crippen molar-refractivity contribution in [3.63, 3.8) is 0 Å². The standard InChI is InChI=1S/C29H31N3O6S2/c1-3-38-29(35)25-23-11-6-4-5-7-12-24(23)40-28(25)31-26(33)18(2)39-22-10-8-9-20(17-22)30-27(34)19-13-15-21(16-14-19)32(36)37/h8-10,13-18H,3-7,11-12H2,1-2H3,(H,30,34)(H,31,33). The third-order valence-corrected chi connectivity index (χ3v) is 8.80. The van der Waals surface area contributed by atoms with Gasteiger partial charge in [-0.05, 0) is 75.4 Å². The van der Waals surface area contributed by atoms with Crippen LogP contribution in [0.5, 0.6) is 0 Å². The summed E-state index contributed by atoms with van der Waals surface area (Å²) < 4.78 is 5.34. The number of fused-ring (bicyclic) bond motifs is 1. The first kappa shape index (κ1) is 29.3. The van der Waals surface area contributed by atoms with Crippen LogP contribution in [0.2, 0.25) is 0 Å². The lowest BCUT2D eigenvalue weighted by atomic mass is 9.96. The number of carbonyl (C=O) groups is 3. The topological polar surface area (TPSA) is 128 Å². The number of esters is 1. The van der Waals surface area contributed by atoms with Crippen molar-refractivity contribution in [3.8, 4) is 0 Å². The van der Waals surface area contributed by atoms with E-state index in [0.717, 1.165) is 53.9 Å². The summed E-state index contributed by atoms with van der Waals surface area (Å²) in [5, 5.41) is 16.7. The van der Waals surface area contributed by atoms with Crippen LogP contribution in [0.1, 0.15) is 70.7 Å². The van der Waals surface area contributed by atoms with E-state index >= 15 is 0 Å². The normalized spacial score (nSPS) is 13.8. The molecule has 1 unspecified atom stereocenters. The zero-order valence-electron chi connectivity index (χ0n) is 22.4. The molecule has 4 rings (SSSR count). The lowest BCUT2D eigenvalue weighted by Gasteiger charge is -2.14. The average molecular weight is 582 g/mol. The van der Waals surface area contributed by atoms with Gasteiger partial charge in [0.05, 0.1) is 22.3 Å². The molecule has 0 fully saturated rings. The predicted molar refractivity (Wildman–Crippen MR) is 158 cm³/mol. The SMILES string of the molecule is CCOC(=O)c1c(NC(=O)C(C)Sc2cccc(NC(=O)c3ccc([N+](=O)[O-])cc3)c2)sc2c1CCCCCC2. The van der Waals surface area contributed by atoms with Gasteiger partial charge in [0.15, 0.2) is 0 Å². The molecule has 0 bridgehead atoms.